The molecule has 1 radical (unpaired) electrons. The third-order valence-electron chi connectivity index (χ3n) is 10.3. The summed E-state index contributed by atoms with van der Waals surface area (Å²) in [6, 6.07) is 45.1. The van der Waals surface area contributed by atoms with Crippen LogP contribution in [0.1, 0.15) is 50.2 Å². The van der Waals surface area contributed by atoms with E-state index in [1.165, 1.54) is 15.8 Å². The number of aromatic nitrogens is 2. The Kier molecular flexibility index (Phi) is 11.2. The fourth-order valence-corrected chi connectivity index (χ4v) is 12.1. The molecule has 0 N–H and O–H groups in total. The number of ether oxygens (including phenoxy) is 2. The first kappa shape index (κ1) is 37.3. The molecule has 5 aromatic carbocycles. The minimum absolute atomic E-state index is 0.194. The Morgan fingerprint density at radius 3 is 2.06 bits per heavy atom. The summed E-state index contributed by atoms with van der Waals surface area (Å²) in [7, 11) is 1.18. The number of hydrogen-bond donors (Lipinski definition) is 0. The van der Waals surface area contributed by atoms with Gasteiger partial charge in [0.1, 0.15) is 25.1 Å². The molecule has 8 heteroatoms. The van der Waals surface area contributed by atoms with Crippen LogP contribution >= 0.6 is 0 Å². The average Bonchev–Trinajstić information content (AvgIpc) is 3.18. The molecule has 1 aromatic heterocycles. The lowest BCUT2D eigenvalue weighted by molar-refractivity contribution is 0.242. The highest BCUT2D eigenvalue weighted by molar-refractivity contribution is 6.99. The predicted molar refractivity (Wildman–Crippen MR) is 222 cm³/mol. The number of nitrogens with zero attached hydrogens (tertiary/aromatic N) is 4. The van der Waals surface area contributed by atoms with Crippen LogP contribution in [0.25, 0.3) is 10.8 Å². The van der Waals surface area contributed by atoms with Gasteiger partial charge in [-0.3, -0.25) is 0 Å². The Hall–Kier alpha value is -5.02. The Morgan fingerprint density at radius 1 is 0.778 bits per heavy atom. The second kappa shape index (κ2) is 16.1. The van der Waals surface area contributed by atoms with Gasteiger partial charge in [0.15, 0.2) is 0 Å². The van der Waals surface area contributed by atoms with Crippen LogP contribution in [0.4, 0.5) is 5.69 Å². The van der Waals surface area contributed by atoms with Crippen molar-refractivity contribution >= 4 is 35.2 Å². The second-order valence-electron chi connectivity index (χ2n) is 15.4. The van der Waals surface area contributed by atoms with E-state index in [0.29, 0.717) is 25.8 Å². The molecule has 0 bridgehead atoms. The molecule has 1 aliphatic heterocycles. The van der Waals surface area contributed by atoms with Crippen molar-refractivity contribution < 1.29 is 13.9 Å². The van der Waals surface area contributed by atoms with Crippen molar-refractivity contribution in [2.75, 3.05) is 38.7 Å². The summed E-state index contributed by atoms with van der Waals surface area (Å²) in [5.41, 5.74) is 5.16. The maximum absolute atomic E-state index is 7.54. The SMILES string of the molecule is C[C](O[Si](c1ccccc1)(c1ccccc1)C(C)(C)C)c1nc(OCCN(C)C)nc2c1CCN(c1cc(OCc3ccccc3)cc3ccccc13)C2. The Bertz CT molecular complexity index is 2120. The van der Waals surface area contributed by atoms with Crippen LogP contribution in [0.15, 0.2) is 127 Å². The zero-order chi connectivity index (χ0) is 37.7. The molecule has 0 unspecified atom stereocenters. The van der Waals surface area contributed by atoms with Crippen molar-refractivity contribution in [2.45, 2.75) is 52.3 Å². The molecular formula is C46H51N4O3Si. The molecule has 0 amide bonds. The third kappa shape index (κ3) is 7.92. The first-order chi connectivity index (χ1) is 26.1. The molecule has 0 atom stereocenters. The molecule has 7 rings (SSSR count). The maximum Gasteiger partial charge on any atom is 0.317 e. The Labute approximate surface area is 321 Å². The minimum Gasteiger partial charge on any atom is -0.489 e. The van der Waals surface area contributed by atoms with E-state index in [2.05, 4.69) is 147 Å². The van der Waals surface area contributed by atoms with Gasteiger partial charge in [-0.1, -0.05) is 136 Å². The van der Waals surface area contributed by atoms with Gasteiger partial charge in [0.25, 0.3) is 8.32 Å². The van der Waals surface area contributed by atoms with Gasteiger partial charge in [-0.2, -0.15) is 9.97 Å². The monoisotopic (exact) mass is 735 g/mol. The van der Waals surface area contributed by atoms with Crippen molar-refractivity contribution in [1.82, 2.24) is 14.9 Å². The fourth-order valence-electron chi connectivity index (χ4n) is 7.57. The minimum atomic E-state index is -2.90. The topological polar surface area (TPSA) is 60.0 Å². The van der Waals surface area contributed by atoms with E-state index in [1.807, 2.05) is 32.3 Å². The van der Waals surface area contributed by atoms with Gasteiger partial charge >= 0.3 is 6.01 Å². The quantitative estimate of drug-likeness (QED) is 0.111. The highest BCUT2D eigenvalue weighted by Gasteiger charge is 2.51. The van der Waals surface area contributed by atoms with E-state index < -0.39 is 8.32 Å². The van der Waals surface area contributed by atoms with Crippen molar-refractivity contribution in [1.29, 1.82) is 0 Å². The number of benzene rings is 5. The number of rotatable bonds is 13. The Morgan fingerprint density at radius 2 is 1.41 bits per heavy atom. The van der Waals surface area contributed by atoms with Crippen LogP contribution in [-0.2, 0) is 24.0 Å². The molecule has 0 fully saturated rings. The fraction of sp³-hybridized carbons (Fsp3) is 0.283. The van der Waals surface area contributed by atoms with Gasteiger partial charge in [0, 0.05) is 35.8 Å². The van der Waals surface area contributed by atoms with Gasteiger partial charge < -0.3 is 23.7 Å². The molecule has 0 saturated heterocycles. The lowest BCUT2D eigenvalue weighted by Crippen LogP contribution is -2.66. The lowest BCUT2D eigenvalue weighted by atomic mass is 9.99. The smallest absolute Gasteiger partial charge is 0.317 e. The zero-order valence-corrected chi connectivity index (χ0v) is 33.4. The summed E-state index contributed by atoms with van der Waals surface area (Å²) in [6.45, 7) is 12.1. The van der Waals surface area contributed by atoms with Crippen molar-refractivity contribution in [3.05, 3.63) is 156 Å². The molecule has 0 spiro atoms. The number of likely N-dealkylation sites (N-methyl/N-ethyl adjacent to an activating group) is 1. The van der Waals surface area contributed by atoms with Crippen LogP contribution in [0.5, 0.6) is 11.8 Å². The van der Waals surface area contributed by atoms with Crippen molar-refractivity contribution in [2.24, 2.45) is 0 Å². The van der Waals surface area contributed by atoms with Gasteiger partial charge in [-0.05, 0) is 59.9 Å². The van der Waals surface area contributed by atoms with E-state index in [0.717, 1.165) is 65.0 Å². The molecule has 54 heavy (non-hydrogen) atoms. The molecule has 1 aliphatic rings. The highest BCUT2D eigenvalue weighted by atomic mass is 28.4. The Balaban J connectivity index is 1.27. The van der Waals surface area contributed by atoms with Crippen LogP contribution in [0.2, 0.25) is 5.04 Å². The van der Waals surface area contributed by atoms with E-state index in [1.54, 1.807) is 0 Å². The summed E-state index contributed by atoms with van der Waals surface area (Å²) in [5, 5.41) is 4.58. The number of hydrogen-bond acceptors (Lipinski definition) is 7. The molecule has 7 nitrogen and oxygen atoms in total. The summed E-state index contributed by atoms with van der Waals surface area (Å²) < 4.78 is 20.2. The number of fused-ring (bicyclic) bond motifs is 2. The van der Waals surface area contributed by atoms with E-state index in [9.17, 15) is 0 Å². The molecule has 277 valence electrons. The first-order valence-corrected chi connectivity index (χ1v) is 20.8. The lowest BCUT2D eigenvalue weighted by Gasteiger charge is -2.44. The third-order valence-corrected chi connectivity index (χ3v) is 15.3. The summed E-state index contributed by atoms with van der Waals surface area (Å²) in [4.78, 5) is 14.7. The normalized spacial score (nSPS) is 13.4. The largest absolute Gasteiger partial charge is 0.489 e. The highest BCUT2D eigenvalue weighted by Crippen LogP contribution is 2.41. The molecular weight excluding hydrogens is 685 g/mol. The van der Waals surface area contributed by atoms with Crippen LogP contribution in [0.3, 0.4) is 0 Å². The van der Waals surface area contributed by atoms with E-state index >= 15 is 0 Å². The van der Waals surface area contributed by atoms with Crippen LogP contribution in [-0.4, -0.2) is 57.0 Å². The summed E-state index contributed by atoms with van der Waals surface area (Å²) >= 11 is 0. The summed E-state index contributed by atoms with van der Waals surface area (Å²) in [5.74, 6) is 0.845. The van der Waals surface area contributed by atoms with E-state index in [-0.39, 0.29) is 5.04 Å². The van der Waals surface area contributed by atoms with Gasteiger partial charge in [-0.25, -0.2) is 0 Å². The average molecular weight is 736 g/mol. The predicted octanol–water partition coefficient (Wildman–Crippen LogP) is 8.19. The molecule has 2 heterocycles. The maximum atomic E-state index is 7.54. The molecule has 0 saturated carbocycles. The molecule has 0 aliphatic carbocycles. The van der Waals surface area contributed by atoms with Gasteiger partial charge in [0.05, 0.1) is 17.9 Å². The van der Waals surface area contributed by atoms with Crippen LogP contribution in [0, 0.1) is 6.10 Å². The van der Waals surface area contributed by atoms with Crippen molar-refractivity contribution in [3.63, 3.8) is 0 Å². The first-order valence-electron chi connectivity index (χ1n) is 18.9. The standard InChI is InChI=1S/C46H51N4O3Si/c1-34(53-54(46(2,3)4,38-21-12-8-13-22-38)39-23-14-9-15-24-39)44-41-26-27-50(32-42(41)47-45(48-44)51-29-28-49(5)6)43-31-37(30-36-20-16-17-25-40(36)43)52-33-35-18-10-7-11-19-35/h7-25,30-31H,26-29,32-33H2,1-6H3. The van der Waals surface area contributed by atoms with Gasteiger partial charge in [0.2, 0.25) is 0 Å². The number of anilines is 1. The van der Waals surface area contributed by atoms with Crippen LogP contribution < -0.4 is 24.7 Å². The molecule has 6 aromatic rings. The van der Waals surface area contributed by atoms with E-state index in [4.69, 9.17) is 23.9 Å². The second-order valence-corrected chi connectivity index (χ2v) is 19.6. The van der Waals surface area contributed by atoms with Gasteiger partial charge in [-0.15, -0.1) is 0 Å². The summed E-state index contributed by atoms with van der Waals surface area (Å²) in [6.07, 6.45) is 1.56. The zero-order valence-electron chi connectivity index (χ0n) is 32.4. The van der Waals surface area contributed by atoms with Crippen molar-refractivity contribution in [3.8, 4) is 11.8 Å².